The van der Waals surface area contributed by atoms with Crippen molar-refractivity contribution in [1.29, 1.82) is 0 Å². The van der Waals surface area contributed by atoms with E-state index in [-0.39, 0.29) is 11.9 Å². The Morgan fingerprint density at radius 1 is 1.42 bits per heavy atom. The fourth-order valence-electron chi connectivity index (χ4n) is 2.05. The monoisotopic (exact) mass is 389 g/mol. The molecule has 0 bridgehead atoms. The molecule has 3 nitrogen and oxygen atoms in total. The quantitative estimate of drug-likeness (QED) is 0.860. The summed E-state index contributed by atoms with van der Waals surface area (Å²) in [5, 5.41) is 7.58. The van der Waals surface area contributed by atoms with Gasteiger partial charge in [-0.25, -0.2) is 4.39 Å². The lowest BCUT2D eigenvalue weighted by Gasteiger charge is -2.21. The second-order valence-corrected chi connectivity index (χ2v) is 5.78. The van der Waals surface area contributed by atoms with E-state index in [2.05, 4.69) is 42.3 Å². The van der Waals surface area contributed by atoms with E-state index >= 15 is 0 Å². The summed E-state index contributed by atoms with van der Waals surface area (Å²) >= 11 is 6.82. The predicted octanol–water partition coefficient (Wildman–Crippen LogP) is 3.78. The molecule has 102 valence electrons. The molecule has 1 N–H and O–H groups in total. The highest BCUT2D eigenvalue weighted by Crippen LogP contribution is 2.33. The zero-order chi connectivity index (χ0) is 14.0. The zero-order valence-electron chi connectivity index (χ0n) is 10.6. The summed E-state index contributed by atoms with van der Waals surface area (Å²) in [4.78, 5) is 0. The van der Waals surface area contributed by atoms with Crippen molar-refractivity contribution in [3.8, 4) is 0 Å². The van der Waals surface area contributed by atoms with Gasteiger partial charge in [0.15, 0.2) is 0 Å². The Labute approximate surface area is 128 Å². The van der Waals surface area contributed by atoms with Crippen LogP contribution in [-0.2, 0) is 7.05 Å². The van der Waals surface area contributed by atoms with Crippen molar-refractivity contribution in [3.05, 3.63) is 50.4 Å². The topological polar surface area (TPSA) is 29.9 Å². The maximum absolute atomic E-state index is 13.7. The summed E-state index contributed by atoms with van der Waals surface area (Å²) in [6.07, 6.45) is 1.74. The Bertz CT molecular complexity index is 564. The summed E-state index contributed by atoms with van der Waals surface area (Å²) in [5.74, 6) is -0.265. The number of nitrogens with one attached hydrogen (secondary N) is 1. The van der Waals surface area contributed by atoms with Crippen molar-refractivity contribution in [2.24, 2.45) is 7.05 Å². The number of aromatic nitrogens is 2. The molecular formula is C13H14Br2FN3. The molecule has 1 heterocycles. The van der Waals surface area contributed by atoms with Gasteiger partial charge in [-0.1, -0.05) is 19.1 Å². The Morgan fingerprint density at radius 3 is 2.74 bits per heavy atom. The highest BCUT2D eigenvalue weighted by molar-refractivity contribution is 9.10. The highest BCUT2D eigenvalue weighted by atomic mass is 79.9. The van der Waals surface area contributed by atoms with E-state index in [0.717, 1.165) is 22.3 Å². The van der Waals surface area contributed by atoms with Crippen LogP contribution in [0.5, 0.6) is 0 Å². The first-order chi connectivity index (χ1) is 9.06. The van der Waals surface area contributed by atoms with E-state index < -0.39 is 0 Å². The molecule has 2 aromatic rings. The number of hydrogen-bond acceptors (Lipinski definition) is 2. The molecule has 1 unspecified atom stereocenters. The summed E-state index contributed by atoms with van der Waals surface area (Å²) in [5.41, 5.74) is 1.82. The van der Waals surface area contributed by atoms with Crippen LogP contribution in [0.25, 0.3) is 0 Å². The number of nitrogens with zero attached hydrogens (tertiary/aromatic N) is 2. The van der Waals surface area contributed by atoms with Gasteiger partial charge in [-0.15, -0.1) is 0 Å². The van der Waals surface area contributed by atoms with Gasteiger partial charge < -0.3 is 5.32 Å². The van der Waals surface area contributed by atoms with Crippen molar-refractivity contribution < 1.29 is 4.39 Å². The Hall–Kier alpha value is -0.720. The predicted molar refractivity (Wildman–Crippen MR) is 80.5 cm³/mol. The lowest BCUT2D eigenvalue weighted by atomic mass is 10.0. The zero-order valence-corrected chi connectivity index (χ0v) is 13.8. The van der Waals surface area contributed by atoms with Gasteiger partial charge in [0.1, 0.15) is 5.82 Å². The van der Waals surface area contributed by atoms with Gasteiger partial charge in [0.2, 0.25) is 0 Å². The number of aryl methyl sites for hydroxylation is 1. The fraction of sp³-hybridized carbons (Fsp3) is 0.308. The minimum Gasteiger partial charge on any atom is -0.305 e. The van der Waals surface area contributed by atoms with Crippen LogP contribution < -0.4 is 5.32 Å². The molecule has 1 aromatic carbocycles. The van der Waals surface area contributed by atoms with Crippen molar-refractivity contribution in [1.82, 2.24) is 15.1 Å². The van der Waals surface area contributed by atoms with E-state index in [0.29, 0.717) is 4.47 Å². The molecule has 0 aliphatic heterocycles. The molecule has 1 atom stereocenters. The van der Waals surface area contributed by atoms with Crippen LogP contribution in [0.15, 0.2) is 33.3 Å². The van der Waals surface area contributed by atoms with Gasteiger partial charge in [-0.3, -0.25) is 4.68 Å². The summed E-state index contributed by atoms with van der Waals surface area (Å²) in [7, 11) is 1.87. The number of hydrogen-bond donors (Lipinski definition) is 1. The van der Waals surface area contributed by atoms with Gasteiger partial charge in [0.25, 0.3) is 0 Å². The number of rotatable bonds is 4. The molecule has 0 amide bonds. The van der Waals surface area contributed by atoms with Crippen molar-refractivity contribution in [2.45, 2.75) is 13.0 Å². The molecule has 19 heavy (non-hydrogen) atoms. The van der Waals surface area contributed by atoms with Gasteiger partial charge in [-0.2, -0.15) is 5.10 Å². The molecular weight excluding hydrogens is 377 g/mol. The standard InChI is InChI=1S/C13H14Br2FN3/c1-3-17-12(13-9(14)7-18-19(13)2)8-5-4-6-10(16)11(8)15/h4-7,12,17H,3H2,1-2H3. The molecule has 0 aliphatic carbocycles. The maximum Gasteiger partial charge on any atom is 0.137 e. The molecule has 0 aliphatic rings. The van der Waals surface area contributed by atoms with E-state index in [1.54, 1.807) is 16.9 Å². The molecule has 2 rings (SSSR count). The minimum atomic E-state index is -0.265. The number of halogens is 3. The molecule has 0 fully saturated rings. The third-order valence-electron chi connectivity index (χ3n) is 2.91. The highest BCUT2D eigenvalue weighted by Gasteiger charge is 2.23. The smallest absolute Gasteiger partial charge is 0.137 e. The van der Waals surface area contributed by atoms with E-state index in [4.69, 9.17) is 0 Å². The van der Waals surface area contributed by atoms with Crippen LogP contribution in [0.1, 0.15) is 24.2 Å². The third-order valence-corrected chi connectivity index (χ3v) is 4.36. The van der Waals surface area contributed by atoms with Crippen molar-refractivity contribution in [2.75, 3.05) is 6.54 Å². The van der Waals surface area contributed by atoms with Crippen LogP contribution in [0, 0.1) is 5.82 Å². The number of benzene rings is 1. The Morgan fingerprint density at radius 2 is 2.16 bits per heavy atom. The van der Waals surface area contributed by atoms with Crippen LogP contribution >= 0.6 is 31.9 Å². The third kappa shape index (κ3) is 2.90. The summed E-state index contributed by atoms with van der Waals surface area (Å²) in [6.45, 7) is 2.79. The molecule has 0 saturated heterocycles. The van der Waals surface area contributed by atoms with E-state index in [9.17, 15) is 4.39 Å². The first kappa shape index (κ1) is 14.7. The second-order valence-electron chi connectivity index (χ2n) is 4.14. The molecule has 0 saturated carbocycles. The summed E-state index contributed by atoms with van der Waals surface area (Å²) in [6, 6.07) is 4.93. The van der Waals surface area contributed by atoms with Crippen LogP contribution in [-0.4, -0.2) is 16.3 Å². The van der Waals surface area contributed by atoms with Crippen molar-refractivity contribution >= 4 is 31.9 Å². The van der Waals surface area contributed by atoms with Crippen LogP contribution in [0.2, 0.25) is 0 Å². The summed E-state index contributed by atoms with van der Waals surface area (Å²) < 4.78 is 16.9. The second kappa shape index (κ2) is 6.15. The first-order valence-electron chi connectivity index (χ1n) is 5.91. The van der Waals surface area contributed by atoms with Crippen LogP contribution in [0.4, 0.5) is 4.39 Å². The van der Waals surface area contributed by atoms with E-state index in [1.165, 1.54) is 6.07 Å². The average Bonchev–Trinajstić information content (AvgIpc) is 2.70. The molecule has 1 aromatic heterocycles. The first-order valence-corrected chi connectivity index (χ1v) is 7.49. The van der Waals surface area contributed by atoms with Gasteiger partial charge in [0.05, 0.1) is 26.9 Å². The van der Waals surface area contributed by atoms with Gasteiger partial charge >= 0.3 is 0 Å². The Kier molecular flexibility index (Phi) is 4.76. The van der Waals surface area contributed by atoms with Gasteiger partial charge in [-0.05, 0) is 50.0 Å². The fourth-order valence-corrected chi connectivity index (χ4v) is 3.12. The minimum absolute atomic E-state index is 0.128. The normalized spacial score (nSPS) is 12.7. The largest absolute Gasteiger partial charge is 0.305 e. The van der Waals surface area contributed by atoms with E-state index in [1.807, 2.05) is 20.0 Å². The van der Waals surface area contributed by atoms with Crippen molar-refractivity contribution in [3.63, 3.8) is 0 Å². The lowest BCUT2D eigenvalue weighted by Crippen LogP contribution is -2.25. The van der Waals surface area contributed by atoms with Crippen LogP contribution in [0.3, 0.4) is 0 Å². The molecule has 6 heteroatoms. The molecule has 0 spiro atoms. The SMILES string of the molecule is CCNC(c1cccc(F)c1Br)c1c(Br)cnn1C. The molecule has 0 radical (unpaired) electrons. The lowest BCUT2D eigenvalue weighted by molar-refractivity contribution is 0.559. The van der Waals surface area contributed by atoms with Gasteiger partial charge in [0, 0.05) is 7.05 Å². The Balaban J connectivity index is 2.55. The average molecular weight is 391 g/mol. The maximum atomic E-state index is 13.7.